The average molecular weight is 205 g/mol. The second-order valence-electron chi connectivity index (χ2n) is 3.73. The largest absolute Gasteiger partial charge is 0.385 e. The minimum Gasteiger partial charge on any atom is -0.385 e. The Morgan fingerprint density at radius 3 is 2.87 bits per heavy atom. The second kappa shape index (κ2) is 3.64. The molecule has 1 atom stereocenters. The van der Waals surface area contributed by atoms with Gasteiger partial charge in [0.15, 0.2) is 0 Å². The lowest BCUT2D eigenvalue weighted by molar-refractivity contribution is 0.186. The van der Waals surface area contributed by atoms with Gasteiger partial charge in [-0.05, 0) is 24.6 Å². The van der Waals surface area contributed by atoms with E-state index in [1.165, 1.54) is 0 Å². The number of aliphatic hydroxyl groups excluding tert-OH is 1. The maximum atomic E-state index is 9.52. The van der Waals surface area contributed by atoms with Gasteiger partial charge in [0.25, 0.3) is 0 Å². The maximum absolute atomic E-state index is 9.52. The Balaban J connectivity index is 2.66. The molecule has 0 spiro atoms. The molecule has 0 aliphatic carbocycles. The number of aliphatic hydroxyl groups is 1. The molecule has 0 amide bonds. The van der Waals surface area contributed by atoms with Gasteiger partial charge in [0.1, 0.15) is 11.9 Å². The van der Waals surface area contributed by atoms with Gasteiger partial charge in [-0.2, -0.15) is 0 Å². The number of fused-ring (bicyclic) bond motifs is 1. The van der Waals surface area contributed by atoms with Gasteiger partial charge in [0.2, 0.25) is 0 Å². The molecule has 0 bridgehead atoms. The summed E-state index contributed by atoms with van der Waals surface area (Å²) in [5.41, 5.74) is 8.55. The minimum atomic E-state index is -0.552. The van der Waals surface area contributed by atoms with Crippen molar-refractivity contribution in [1.82, 2.24) is 9.55 Å². The third-order valence-corrected chi connectivity index (χ3v) is 2.59. The number of hydrogen-bond donors (Lipinski definition) is 2. The monoisotopic (exact) mass is 205 g/mol. The zero-order valence-electron chi connectivity index (χ0n) is 8.94. The van der Waals surface area contributed by atoms with Gasteiger partial charge in [-0.15, -0.1) is 0 Å². The summed E-state index contributed by atoms with van der Waals surface area (Å²) in [6.45, 7) is 2.23. The second-order valence-corrected chi connectivity index (χ2v) is 3.73. The van der Waals surface area contributed by atoms with Crippen LogP contribution in [0.4, 0.5) is 0 Å². The van der Waals surface area contributed by atoms with E-state index in [9.17, 15) is 5.11 Å². The van der Waals surface area contributed by atoms with Gasteiger partial charge in [-0.3, -0.25) is 0 Å². The fourth-order valence-corrected chi connectivity index (χ4v) is 1.75. The van der Waals surface area contributed by atoms with Crippen molar-refractivity contribution in [3.63, 3.8) is 0 Å². The Morgan fingerprint density at radius 1 is 1.53 bits per heavy atom. The normalized spacial score (nSPS) is 13.3. The van der Waals surface area contributed by atoms with E-state index in [1.807, 2.05) is 29.8 Å². The number of nitrogens with two attached hydrogens (primary N) is 1. The van der Waals surface area contributed by atoms with E-state index in [2.05, 4.69) is 4.98 Å². The Bertz CT molecular complexity index is 488. The van der Waals surface area contributed by atoms with Crippen LogP contribution in [0.2, 0.25) is 0 Å². The van der Waals surface area contributed by atoms with Crippen LogP contribution in [0.3, 0.4) is 0 Å². The molecule has 0 aliphatic rings. The van der Waals surface area contributed by atoms with Crippen LogP contribution in [0.1, 0.15) is 24.4 Å². The van der Waals surface area contributed by atoms with Crippen molar-refractivity contribution in [2.45, 2.75) is 19.6 Å². The third-order valence-electron chi connectivity index (χ3n) is 2.59. The molecular formula is C11H15N3O. The Kier molecular flexibility index (Phi) is 2.46. The van der Waals surface area contributed by atoms with Crippen molar-refractivity contribution >= 4 is 11.0 Å². The molecule has 2 aromatic rings. The van der Waals surface area contributed by atoms with Crippen LogP contribution in [0, 0.1) is 0 Å². The summed E-state index contributed by atoms with van der Waals surface area (Å²) in [6.07, 6.45) is -0.552. The van der Waals surface area contributed by atoms with Gasteiger partial charge < -0.3 is 15.4 Å². The Labute approximate surface area is 88.3 Å². The van der Waals surface area contributed by atoms with E-state index in [0.29, 0.717) is 12.4 Å². The number of imidazole rings is 1. The molecule has 1 aromatic carbocycles. The molecule has 80 valence electrons. The quantitative estimate of drug-likeness (QED) is 0.771. The maximum Gasteiger partial charge on any atom is 0.138 e. The van der Waals surface area contributed by atoms with Crippen LogP contribution in [0.5, 0.6) is 0 Å². The number of nitrogens with zero attached hydrogens (tertiary/aromatic N) is 2. The zero-order chi connectivity index (χ0) is 11.0. The molecule has 1 heterocycles. The molecule has 4 nitrogen and oxygen atoms in total. The number of hydrogen-bond acceptors (Lipinski definition) is 3. The highest BCUT2D eigenvalue weighted by atomic mass is 16.3. The molecule has 0 radical (unpaired) electrons. The van der Waals surface area contributed by atoms with Crippen LogP contribution in [0.25, 0.3) is 11.0 Å². The predicted octanol–water partition coefficient (Wildman–Crippen LogP) is 1.09. The van der Waals surface area contributed by atoms with Crippen molar-refractivity contribution in [3.8, 4) is 0 Å². The summed E-state index contributed by atoms with van der Waals surface area (Å²) in [6, 6.07) is 5.90. The smallest absolute Gasteiger partial charge is 0.138 e. The number of benzene rings is 1. The topological polar surface area (TPSA) is 64.1 Å². The van der Waals surface area contributed by atoms with E-state index in [4.69, 9.17) is 5.73 Å². The summed E-state index contributed by atoms with van der Waals surface area (Å²) in [4.78, 5) is 4.36. The lowest BCUT2D eigenvalue weighted by atomic mass is 10.2. The Hall–Kier alpha value is -1.39. The van der Waals surface area contributed by atoms with Crippen molar-refractivity contribution in [3.05, 3.63) is 29.6 Å². The fraction of sp³-hybridized carbons (Fsp3) is 0.364. The van der Waals surface area contributed by atoms with Crippen LogP contribution >= 0.6 is 0 Å². The van der Waals surface area contributed by atoms with E-state index in [-0.39, 0.29) is 0 Å². The number of rotatable bonds is 2. The van der Waals surface area contributed by atoms with Crippen molar-refractivity contribution in [2.24, 2.45) is 12.8 Å². The zero-order valence-corrected chi connectivity index (χ0v) is 8.94. The molecule has 0 saturated heterocycles. The van der Waals surface area contributed by atoms with Gasteiger partial charge in [0, 0.05) is 13.6 Å². The predicted molar refractivity (Wildman–Crippen MR) is 59.2 cm³/mol. The highest BCUT2D eigenvalue weighted by Crippen LogP contribution is 2.20. The molecule has 15 heavy (non-hydrogen) atoms. The van der Waals surface area contributed by atoms with Gasteiger partial charge >= 0.3 is 0 Å². The molecule has 2 rings (SSSR count). The first kappa shape index (κ1) is 10.1. The fourth-order valence-electron chi connectivity index (χ4n) is 1.75. The molecule has 3 N–H and O–H groups in total. The molecule has 1 aromatic heterocycles. The molecular weight excluding hydrogens is 190 g/mol. The summed E-state index contributed by atoms with van der Waals surface area (Å²) >= 11 is 0. The number of aromatic nitrogens is 2. The van der Waals surface area contributed by atoms with Gasteiger partial charge in [0.05, 0.1) is 11.0 Å². The van der Waals surface area contributed by atoms with Crippen LogP contribution < -0.4 is 5.73 Å². The van der Waals surface area contributed by atoms with Gasteiger partial charge in [-0.1, -0.05) is 6.07 Å². The van der Waals surface area contributed by atoms with Crippen molar-refractivity contribution < 1.29 is 5.11 Å². The summed E-state index contributed by atoms with van der Waals surface area (Å²) in [5.74, 6) is 0.680. The van der Waals surface area contributed by atoms with Crippen LogP contribution in [0.15, 0.2) is 18.2 Å². The van der Waals surface area contributed by atoms with Crippen LogP contribution in [-0.4, -0.2) is 14.7 Å². The molecule has 0 fully saturated rings. The minimum absolute atomic E-state index is 0.519. The molecule has 0 aliphatic heterocycles. The van der Waals surface area contributed by atoms with Crippen molar-refractivity contribution in [1.29, 1.82) is 0 Å². The van der Waals surface area contributed by atoms with E-state index in [0.717, 1.165) is 16.6 Å². The highest BCUT2D eigenvalue weighted by molar-refractivity contribution is 5.76. The highest BCUT2D eigenvalue weighted by Gasteiger charge is 2.11. The average Bonchev–Trinajstić information content (AvgIpc) is 2.56. The van der Waals surface area contributed by atoms with Gasteiger partial charge in [-0.25, -0.2) is 4.98 Å². The van der Waals surface area contributed by atoms with E-state index < -0.39 is 6.10 Å². The van der Waals surface area contributed by atoms with Crippen molar-refractivity contribution in [2.75, 3.05) is 0 Å². The first-order chi connectivity index (χ1) is 7.13. The lowest BCUT2D eigenvalue weighted by Crippen LogP contribution is -2.02. The molecule has 0 unspecified atom stereocenters. The van der Waals surface area contributed by atoms with Crippen LogP contribution in [-0.2, 0) is 13.6 Å². The summed E-state index contributed by atoms with van der Waals surface area (Å²) in [5, 5.41) is 9.52. The molecule has 0 saturated carbocycles. The first-order valence-corrected chi connectivity index (χ1v) is 4.97. The van der Waals surface area contributed by atoms with E-state index >= 15 is 0 Å². The standard InChI is InChI=1S/C11H15N3O/c1-7(15)11-13-9-4-3-8(6-12)5-10(9)14(11)2/h3-5,7,15H,6,12H2,1-2H3/t7-/m0/s1. The Morgan fingerprint density at radius 2 is 2.27 bits per heavy atom. The molecule has 4 heteroatoms. The third kappa shape index (κ3) is 1.62. The first-order valence-electron chi connectivity index (χ1n) is 4.97. The summed E-state index contributed by atoms with van der Waals surface area (Å²) in [7, 11) is 1.90. The lowest BCUT2D eigenvalue weighted by Gasteiger charge is -2.04. The number of aryl methyl sites for hydroxylation is 1. The summed E-state index contributed by atoms with van der Waals surface area (Å²) < 4.78 is 1.90. The van der Waals surface area contributed by atoms with E-state index in [1.54, 1.807) is 6.92 Å². The SMILES string of the molecule is C[C@H](O)c1nc2ccc(CN)cc2n1C.